The van der Waals surface area contributed by atoms with E-state index in [0.29, 0.717) is 12.5 Å². The third kappa shape index (κ3) is 4.09. The van der Waals surface area contributed by atoms with Crippen molar-refractivity contribution in [2.24, 2.45) is 0 Å². The molecule has 15 heavy (non-hydrogen) atoms. The summed E-state index contributed by atoms with van der Waals surface area (Å²) in [5, 5.41) is 6.97. The van der Waals surface area contributed by atoms with Crippen molar-refractivity contribution >= 4 is 0 Å². The van der Waals surface area contributed by atoms with Gasteiger partial charge in [-0.05, 0) is 51.6 Å². The van der Waals surface area contributed by atoms with Crippen LogP contribution in [0, 0.1) is 0 Å². The van der Waals surface area contributed by atoms with E-state index < -0.39 is 0 Å². The highest BCUT2D eigenvalue weighted by Crippen LogP contribution is 2.15. The van der Waals surface area contributed by atoms with E-state index in [4.69, 9.17) is 4.74 Å². The summed E-state index contributed by atoms with van der Waals surface area (Å²) >= 11 is 0. The number of hydrogen-bond donors (Lipinski definition) is 2. The quantitative estimate of drug-likeness (QED) is 0.734. The maximum absolute atomic E-state index is 6.07. The smallest absolute Gasteiger partial charge is 0.110 e. The second-order valence-corrected chi connectivity index (χ2v) is 4.72. The molecule has 2 aliphatic rings. The minimum Gasteiger partial charge on any atom is -0.345 e. The molecule has 2 atom stereocenters. The van der Waals surface area contributed by atoms with Crippen LogP contribution < -0.4 is 10.6 Å². The Morgan fingerprint density at radius 2 is 1.20 bits per heavy atom. The van der Waals surface area contributed by atoms with Crippen LogP contribution in [0.3, 0.4) is 0 Å². The Morgan fingerprint density at radius 3 is 1.73 bits per heavy atom. The van der Waals surface area contributed by atoms with Crippen molar-refractivity contribution in [1.29, 1.82) is 0 Å². The summed E-state index contributed by atoms with van der Waals surface area (Å²) in [6.07, 6.45) is 10.9. The van der Waals surface area contributed by atoms with Gasteiger partial charge in [-0.1, -0.05) is 12.8 Å². The fourth-order valence-electron chi connectivity index (χ4n) is 2.42. The summed E-state index contributed by atoms with van der Waals surface area (Å²) < 4.78 is 6.07. The van der Waals surface area contributed by atoms with E-state index in [9.17, 15) is 0 Å². The fourth-order valence-corrected chi connectivity index (χ4v) is 2.42. The van der Waals surface area contributed by atoms with Gasteiger partial charge >= 0.3 is 0 Å². The van der Waals surface area contributed by atoms with E-state index in [1.807, 2.05) is 0 Å². The first-order valence-corrected chi connectivity index (χ1v) is 6.57. The molecule has 0 spiro atoms. The summed E-state index contributed by atoms with van der Waals surface area (Å²) in [5.41, 5.74) is 0. The largest absolute Gasteiger partial charge is 0.345 e. The molecule has 2 unspecified atom stereocenters. The Bertz CT molecular complexity index is 141. The minimum absolute atomic E-state index is 0.295. The molecule has 3 heteroatoms. The van der Waals surface area contributed by atoms with Crippen molar-refractivity contribution in [3.63, 3.8) is 0 Å². The van der Waals surface area contributed by atoms with Crippen LogP contribution in [0.5, 0.6) is 0 Å². The first-order chi connectivity index (χ1) is 7.45. The molecule has 2 rings (SSSR count). The van der Waals surface area contributed by atoms with Crippen molar-refractivity contribution in [3.05, 3.63) is 0 Å². The lowest BCUT2D eigenvalue weighted by atomic mass is 10.2. The van der Waals surface area contributed by atoms with Crippen LogP contribution in [0.4, 0.5) is 0 Å². The van der Waals surface area contributed by atoms with Crippen molar-refractivity contribution in [2.75, 3.05) is 13.1 Å². The van der Waals surface area contributed by atoms with Gasteiger partial charge in [-0.3, -0.25) is 10.6 Å². The molecule has 0 saturated carbocycles. The molecule has 0 amide bonds. The lowest BCUT2D eigenvalue weighted by Gasteiger charge is -2.24. The van der Waals surface area contributed by atoms with Gasteiger partial charge in [0.2, 0.25) is 0 Å². The Kier molecular flexibility index (Phi) is 4.90. The maximum Gasteiger partial charge on any atom is 0.110 e. The molecular weight excluding hydrogens is 188 g/mol. The zero-order chi connectivity index (χ0) is 10.3. The molecule has 88 valence electrons. The van der Waals surface area contributed by atoms with Gasteiger partial charge in [0.25, 0.3) is 0 Å². The van der Waals surface area contributed by atoms with Gasteiger partial charge in [-0.2, -0.15) is 0 Å². The van der Waals surface area contributed by atoms with E-state index in [1.54, 1.807) is 0 Å². The molecule has 0 aromatic heterocycles. The Hall–Kier alpha value is -0.120. The number of hydrogen-bond acceptors (Lipinski definition) is 3. The van der Waals surface area contributed by atoms with Gasteiger partial charge in [0.1, 0.15) is 12.5 Å². The van der Waals surface area contributed by atoms with E-state index in [-0.39, 0.29) is 0 Å². The highest BCUT2D eigenvalue weighted by molar-refractivity contribution is 4.67. The molecular formula is C12H24N2O. The Morgan fingerprint density at radius 1 is 0.667 bits per heavy atom. The van der Waals surface area contributed by atoms with Crippen LogP contribution in [-0.2, 0) is 4.74 Å². The molecule has 0 aromatic rings. The van der Waals surface area contributed by atoms with Gasteiger partial charge in [-0.25, -0.2) is 0 Å². The lowest BCUT2D eigenvalue weighted by molar-refractivity contribution is -0.0495. The van der Waals surface area contributed by atoms with Gasteiger partial charge < -0.3 is 4.74 Å². The minimum atomic E-state index is 0.295. The van der Waals surface area contributed by atoms with E-state index >= 15 is 0 Å². The summed E-state index contributed by atoms with van der Waals surface area (Å²) in [7, 11) is 0. The van der Waals surface area contributed by atoms with Crippen LogP contribution in [0.1, 0.15) is 51.4 Å². The van der Waals surface area contributed by atoms with Gasteiger partial charge in [0.05, 0.1) is 0 Å². The predicted molar refractivity (Wildman–Crippen MR) is 61.6 cm³/mol. The van der Waals surface area contributed by atoms with Gasteiger partial charge in [0, 0.05) is 0 Å². The fraction of sp³-hybridized carbons (Fsp3) is 1.00. The normalized spacial score (nSPS) is 34.4. The summed E-state index contributed by atoms with van der Waals surface area (Å²) in [6, 6.07) is 0. The van der Waals surface area contributed by atoms with Crippen LogP contribution >= 0.6 is 0 Å². The molecule has 0 radical (unpaired) electrons. The molecule has 2 N–H and O–H groups in total. The van der Waals surface area contributed by atoms with Crippen LogP contribution in [-0.4, -0.2) is 25.5 Å². The molecule has 2 saturated heterocycles. The predicted octanol–water partition coefficient (Wildman–Crippen LogP) is 1.98. The second kappa shape index (κ2) is 6.46. The number of ether oxygens (including phenoxy) is 1. The van der Waals surface area contributed by atoms with Crippen molar-refractivity contribution in [1.82, 2.24) is 10.6 Å². The van der Waals surface area contributed by atoms with Crippen LogP contribution in [0.15, 0.2) is 0 Å². The highest BCUT2D eigenvalue weighted by atomic mass is 16.5. The molecule has 0 bridgehead atoms. The zero-order valence-electron chi connectivity index (χ0n) is 9.63. The summed E-state index contributed by atoms with van der Waals surface area (Å²) in [4.78, 5) is 0. The topological polar surface area (TPSA) is 33.3 Å². The summed E-state index contributed by atoms with van der Waals surface area (Å²) in [6.45, 7) is 2.24. The van der Waals surface area contributed by atoms with Crippen molar-refractivity contribution in [2.45, 2.75) is 63.8 Å². The van der Waals surface area contributed by atoms with Gasteiger partial charge in [-0.15, -0.1) is 0 Å². The van der Waals surface area contributed by atoms with E-state index in [1.165, 1.54) is 51.4 Å². The third-order valence-corrected chi connectivity index (χ3v) is 3.36. The first-order valence-electron chi connectivity index (χ1n) is 6.57. The average molecular weight is 212 g/mol. The zero-order valence-corrected chi connectivity index (χ0v) is 9.63. The molecule has 2 heterocycles. The Labute approximate surface area is 93.0 Å². The van der Waals surface area contributed by atoms with Crippen molar-refractivity contribution < 1.29 is 4.74 Å². The molecule has 2 aliphatic heterocycles. The number of nitrogens with one attached hydrogen (secondary N) is 2. The van der Waals surface area contributed by atoms with Crippen LogP contribution in [0.2, 0.25) is 0 Å². The number of rotatable bonds is 2. The maximum atomic E-state index is 6.07. The van der Waals surface area contributed by atoms with E-state index in [2.05, 4.69) is 10.6 Å². The van der Waals surface area contributed by atoms with Crippen LogP contribution in [0.25, 0.3) is 0 Å². The van der Waals surface area contributed by atoms with Crippen molar-refractivity contribution in [3.8, 4) is 0 Å². The Balaban J connectivity index is 1.73. The van der Waals surface area contributed by atoms with E-state index in [0.717, 1.165) is 13.1 Å². The highest BCUT2D eigenvalue weighted by Gasteiger charge is 2.18. The molecule has 0 aromatic carbocycles. The standard InChI is InChI=1S/C12H24N2O/c1-3-7-11(13-9-5-1)15-12-8-4-2-6-10-14-12/h11-14H,1-10H2. The molecule has 0 aliphatic carbocycles. The molecule has 3 nitrogen and oxygen atoms in total. The third-order valence-electron chi connectivity index (χ3n) is 3.36. The molecule has 2 fully saturated rings. The first kappa shape index (κ1) is 11.4. The second-order valence-electron chi connectivity index (χ2n) is 4.72. The average Bonchev–Trinajstić information content (AvgIpc) is 2.63. The SMILES string of the molecule is C1CCNC(OC2CCCCCN2)CC1. The summed E-state index contributed by atoms with van der Waals surface area (Å²) in [5.74, 6) is 0. The van der Waals surface area contributed by atoms with Gasteiger partial charge in [0.15, 0.2) is 0 Å². The lowest BCUT2D eigenvalue weighted by Crippen LogP contribution is -2.40. The monoisotopic (exact) mass is 212 g/mol.